The fraction of sp³-hybridized carbons (Fsp3) is 0.458. The van der Waals surface area contributed by atoms with Gasteiger partial charge in [-0.05, 0) is 57.9 Å². The highest BCUT2D eigenvalue weighted by atomic mass is 35.5. The summed E-state index contributed by atoms with van der Waals surface area (Å²) in [5.74, 6) is 1.56. The number of nitrogens with two attached hydrogens (primary N) is 1. The molecular weight excluding hydrogens is 502 g/mol. The number of anilines is 3. The smallest absolute Gasteiger partial charge is 0.229 e. The molecule has 1 aromatic carbocycles. The first-order chi connectivity index (χ1) is 16.9. The lowest BCUT2D eigenvalue weighted by Crippen LogP contribution is -2.40. The Kier molecular flexibility index (Phi) is 8.80. The fourth-order valence-corrected chi connectivity index (χ4v) is 4.61. The van der Waals surface area contributed by atoms with Crippen molar-refractivity contribution in [2.24, 2.45) is 10.7 Å². The van der Waals surface area contributed by atoms with Gasteiger partial charge in [0.1, 0.15) is 10.8 Å². The summed E-state index contributed by atoms with van der Waals surface area (Å²) in [4.78, 5) is 12.7. The number of ether oxygens (including phenoxy) is 1. The van der Waals surface area contributed by atoms with E-state index in [2.05, 4.69) is 43.9 Å². The molecule has 2 aromatic rings. The SMILES string of the molecule is CN=CC(Nc1nc(Nc2cc(C)c(C3CNC3)cc2OC(C)C)ncc1Cl)=C(N)S(=O)(=O)C(C)C. The third-order valence-corrected chi connectivity index (χ3v) is 8.00. The second kappa shape index (κ2) is 11.4. The van der Waals surface area contributed by atoms with Crippen molar-refractivity contribution in [3.8, 4) is 5.75 Å². The molecule has 0 saturated carbocycles. The Morgan fingerprint density at radius 2 is 2.00 bits per heavy atom. The zero-order valence-corrected chi connectivity index (χ0v) is 23.0. The molecule has 0 bridgehead atoms. The van der Waals surface area contributed by atoms with Gasteiger partial charge in [0.25, 0.3) is 0 Å². The molecule has 0 radical (unpaired) electrons. The van der Waals surface area contributed by atoms with E-state index < -0.39 is 15.1 Å². The van der Waals surface area contributed by atoms with Crippen molar-refractivity contribution in [2.45, 2.75) is 51.9 Å². The van der Waals surface area contributed by atoms with Gasteiger partial charge in [-0.15, -0.1) is 0 Å². The molecule has 12 heteroatoms. The van der Waals surface area contributed by atoms with E-state index in [1.54, 1.807) is 13.8 Å². The van der Waals surface area contributed by atoms with E-state index in [9.17, 15) is 8.42 Å². The van der Waals surface area contributed by atoms with Crippen molar-refractivity contribution in [3.63, 3.8) is 0 Å². The summed E-state index contributed by atoms with van der Waals surface area (Å²) in [5.41, 5.74) is 9.14. The van der Waals surface area contributed by atoms with Gasteiger partial charge in [0.05, 0.1) is 28.9 Å². The average Bonchev–Trinajstić information content (AvgIpc) is 2.76. The highest BCUT2D eigenvalue weighted by Crippen LogP contribution is 2.36. The number of aromatic nitrogens is 2. The van der Waals surface area contributed by atoms with E-state index >= 15 is 0 Å². The summed E-state index contributed by atoms with van der Waals surface area (Å²) < 4.78 is 31.3. The molecule has 0 unspecified atom stereocenters. The maximum Gasteiger partial charge on any atom is 0.229 e. The van der Waals surface area contributed by atoms with Gasteiger partial charge in [0.15, 0.2) is 20.7 Å². The van der Waals surface area contributed by atoms with Crippen LogP contribution < -0.4 is 26.4 Å². The third kappa shape index (κ3) is 6.26. The number of rotatable bonds is 10. The van der Waals surface area contributed by atoms with Crippen LogP contribution in [-0.4, -0.2) is 56.1 Å². The Morgan fingerprint density at radius 3 is 2.56 bits per heavy atom. The van der Waals surface area contributed by atoms with Crippen LogP contribution in [0.5, 0.6) is 5.75 Å². The van der Waals surface area contributed by atoms with Gasteiger partial charge >= 0.3 is 0 Å². The number of hydrogen-bond acceptors (Lipinski definition) is 10. The number of halogens is 1. The monoisotopic (exact) mass is 535 g/mol. The predicted molar refractivity (Wildman–Crippen MR) is 146 cm³/mol. The quantitative estimate of drug-likeness (QED) is 0.334. The van der Waals surface area contributed by atoms with Crippen molar-refractivity contribution in [1.82, 2.24) is 15.3 Å². The van der Waals surface area contributed by atoms with E-state index in [0.29, 0.717) is 17.4 Å². The van der Waals surface area contributed by atoms with Gasteiger partial charge in [0, 0.05) is 32.3 Å². The summed E-state index contributed by atoms with van der Waals surface area (Å²) in [5, 5.41) is 8.53. The van der Waals surface area contributed by atoms with Crippen LogP contribution in [0.4, 0.5) is 17.5 Å². The van der Waals surface area contributed by atoms with Gasteiger partial charge in [-0.25, -0.2) is 13.4 Å². The van der Waals surface area contributed by atoms with Crippen LogP contribution in [0.1, 0.15) is 44.7 Å². The van der Waals surface area contributed by atoms with Crippen LogP contribution in [0.15, 0.2) is 34.0 Å². The number of allylic oxidation sites excluding steroid dienone is 1. The summed E-state index contributed by atoms with van der Waals surface area (Å²) in [6, 6.07) is 4.08. The van der Waals surface area contributed by atoms with Crippen molar-refractivity contribution < 1.29 is 13.2 Å². The number of benzene rings is 1. The number of sulfone groups is 1. The van der Waals surface area contributed by atoms with E-state index in [0.717, 1.165) is 18.7 Å². The third-order valence-electron chi connectivity index (χ3n) is 5.65. The minimum Gasteiger partial charge on any atom is -0.489 e. The Morgan fingerprint density at radius 1 is 1.31 bits per heavy atom. The van der Waals surface area contributed by atoms with E-state index in [1.165, 1.54) is 25.0 Å². The number of hydrogen-bond donors (Lipinski definition) is 4. The highest BCUT2D eigenvalue weighted by molar-refractivity contribution is 7.95. The Hall–Kier alpha value is -2.89. The molecule has 10 nitrogen and oxygen atoms in total. The average molecular weight is 536 g/mol. The lowest BCUT2D eigenvalue weighted by Gasteiger charge is -2.30. The molecule has 0 atom stereocenters. The molecule has 1 saturated heterocycles. The molecule has 2 heterocycles. The van der Waals surface area contributed by atoms with E-state index in [1.807, 2.05) is 19.9 Å². The van der Waals surface area contributed by atoms with Crippen molar-refractivity contribution in [2.75, 3.05) is 30.8 Å². The maximum atomic E-state index is 12.6. The number of aryl methyl sites for hydroxylation is 1. The molecular formula is C24H34ClN7O3S. The zero-order chi connectivity index (χ0) is 26.6. The van der Waals surface area contributed by atoms with Crippen LogP contribution >= 0.6 is 11.6 Å². The second-order valence-corrected chi connectivity index (χ2v) is 12.0. The largest absolute Gasteiger partial charge is 0.489 e. The van der Waals surface area contributed by atoms with Gasteiger partial charge in [-0.2, -0.15) is 4.98 Å². The molecule has 0 spiro atoms. The van der Waals surface area contributed by atoms with Crippen LogP contribution in [0, 0.1) is 6.92 Å². The van der Waals surface area contributed by atoms with E-state index in [4.69, 9.17) is 22.1 Å². The van der Waals surface area contributed by atoms with Gasteiger partial charge in [0.2, 0.25) is 5.95 Å². The minimum absolute atomic E-state index is 0.0316. The van der Waals surface area contributed by atoms with Gasteiger partial charge in [-0.3, -0.25) is 4.99 Å². The first kappa shape index (κ1) is 27.7. The first-order valence-electron chi connectivity index (χ1n) is 11.7. The second-order valence-electron chi connectivity index (χ2n) is 9.13. The molecule has 1 aromatic heterocycles. The molecule has 3 rings (SSSR count). The molecule has 5 N–H and O–H groups in total. The van der Waals surface area contributed by atoms with Crippen LogP contribution in [0.3, 0.4) is 0 Å². The fourth-order valence-electron chi connectivity index (χ4n) is 3.56. The van der Waals surface area contributed by atoms with Crippen molar-refractivity contribution in [3.05, 3.63) is 45.2 Å². The lowest BCUT2D eigenvalue weighted by molar-refractivity contribution is 0.243. The molecule has 0 aliphatic carbocycles. The Bertz CT molecular complexity index is 1270. The lowest BCUT2D eigenvalue weighted by atomic mass is 9.89. The normalized spacial score (nSPS) is 15.2. The van der Waals surface area contributed by atoms with Crippen LogP contribution in [0.2, 0.25) is 5.02 Å². The Labute approximate surface area is 217 Å². The standard InChI is InChI=1S/C24H34ClN7O3S/c1-13(2)35-21-8-17(16-9-28-10-16)15(5)7-19(21)31-24-29-11-18(25)23(32-24)30-20(12-27-6)22(26)36(33,34)14(3)4/h7-8,11-14,16,28H,9-10,26H2,1-6H3,(H2,29,30,31,32). The van der Waals surface area contributed by atoms with Crippen molar-refractivity contribution >= 4 is 45.1 Å². The predicted octanol–water partition coefficient (Wildman–Crippen LogP) is 3.72. The van der Waals surface area contributed by atoms with Crippen molar-refractivity contribution in [1.29, 1.82) is 0 Å². The molecule has 196 valence electrons. The minimum atomic E-state index is -3.74. The number of nitrogens with one attached hydrogen (secondary N) is 3. The summed E-state index contributed by atoms with van der Waals surface area (Å²) in [6.45, 7) is 11.0. The van der Waals surface area contributed by atoms with Gasteiger partial charge in [-0.1, -0.05) is 11.6 Å². The van der Waals surface area contributed by atoms with Crippen LogP contribution in [-0.2, 0) is 9.84 Å². The van der Waals surface area contributed by atoms with Gasteiger partial charge < -0.3 is 26.4 Å². The molecule has 0 amide bonds. The molecule has 1 fully saturated rings. The summed E-state index contributed by atoms with van der Waals surface area (Å²) >= 11 is 6.33. The first-order valence-corrected chi connectivity index (χ1v) is 13.6. The molecule has 36 heavy (non-hydrogen) atoms. The summed E-state index contributed by atoms with van der Waals surface area (Å²) in [6.07, 6.45) is 2.69. The molecule has 1 aliphatic rings. The maximum absolute atomic E-state index is 12.6. The number of nitrogens with zero attached hydrogens (tertiary/aromatic N) is 3. The van der Waals surface area contributed by atoms with E-state index in [-0.39, 0.29) is 33.6 Å². The summed E-state index contributed by atoms with van der Waals surface area (Å²) in [7, 11) is -2.23. The zero-order valence-electron chi connectivity index (χ0n) is 21.4. The molecule has 1 aliphatic heterocycles. The highest BCUT2D eigenvalue weighted by Gasteiger charge is 2.25. The number of aliphatic imine (C=N–C) groups is 1. The van der Waals surface area contributed by atoms with Crippen LogP contribution in [0.25, 0.3) is 0 Å². The Balaban J connectivity index is 1.97. The topological polar surface area (TPSA) is 144 Å².